The van der Waals surface area contributed by atoms with Gasteiger partial charge in [0.1, 0.15) is 5.65 Å². The van der Waals surface area contributed by atoms with Crippen LogP contribution in [0.15, 0.2) is 24.4 Å². The summed E-state index contributed by atoms with van der Waals surface area (Å²) < 4.78 is 6.93. The van der Waals surface area contributed by atoms with E-state index in [0.29, 0.717) is 5.65 Å². The van der Waals surface area contributed by atoms with Gasteiger partial charge in [0.15, 0.2) is 12.3 Å². The molecule has 0 aliphatic heterocycles. The number of carbonyl (C=O) groups excluding carboxylic acids is 2. The highest BCUT2D eigenvalue weighted by molar-refractivity contribution is 5.90. The number of ether oxygens (including phenoxy) is 1. The first-order chi connectivity index (χ1) is 11.6. The molecule has 6 nitrogen and oxygen atoms in total. The molecule has 2 aromatic heterocycles. The molecule has 3 rings (SSSR count). The quantitative estimate of drug-likeness (QED) is 0.691. The van der Waals surface area contributed by atoms with Gasteiger partial charge in [-0.1, -0.05) is 31.7 Å². The zero-order valence-electron chi connectivity index (χ0n) is 14.0. The largest absolute Gasteiger partial charge is 0.451 e. The smallest absolute Gasteiger partial charge is 0.359 e. The molecule has 0 radical (unpaired) electrons. The van der Waals surface area contributed by atoms with Crippen LogP contribution in [0.1, 0.15) is 54.7 Å². The molecule has 128 valence electrons. The average molecular weight is 329 g/mol. The fourth-order valence-electron chi connectivity index (χ4n) is 3.14. The summed E-state index contributed by atoms with van der Waals surface area (Å²) in [7, 11) is 0. The van der Waals surface area contributed by atoms with Crippen LogP contribution in [0.2, 0.25) is 0 Å². The van der Waals surface area contributed by atoms with Crippen molar-refractivity contribution >= 4 is 17.5 Å². The van der Waals surface area contributed by atoms with Crippen LogP contribution in [0.25, 0.3) is 5.65 Å². The fourth-order valence-corrected chi connectivity index (χ4v) is 3.14. The number of aromatic nitrogens is 2. The van der Waals surface area contributed by atoms with Crippen molar-refractivity contribution in [2.75, 3.05) is 6.61 Å². The molecule has 1 saturated carbocycles. The van der Waals surface area contributed by atoms with E-state index in [2.05, 4.69) is 10.3 Å². The highest BCUT2D eigenvalue weighted by Crippen LogP contribution is 2.17. The molecule has 0 bridgehead atoms. The molecule has 0 aromatic carbocycles. The molecule has 0 unspecified atom stereocenters. The van der Waals surface area contributed by atoms with E-state index in [1.807, 2.05) is 29.5 Å². The van der Waals surface area contributed by atoms with Gasteiger partial charge in [0.2, 0.25) is 0 Å². The summed E-state index contributed by atoms with van der Waals surface area (Å²) in [4.78, 5) is 28.3. The van der Waals surface area contributed by atoms with Gasteiger partial charge < -0.3 is 14.5 Å². The van der Waals surface area contributed by atoms with Gasteiger partial charge in [0.25, 0.3) is 5.91 Å². The van der Waals surface area contributed by atoms with E-state index in [1.165, 1.54) is 12.8 Å². The molecule has 1 aliphatic carbocycles. The number of aryl methyl sites for hydroxylation is 1. The minimum absolute atomic E-state index is 0.205. The molecular formula is C18H23N3O3. The standard InChI is InChI=1S/C18H23N3O3/c1-13-7-6-10-16-20-15(11-21(13)16)18(23)24-12-17(22)19-14-8-4-2-3-5-9-14/h6-7,10-11,14H,2-5,8-9,12H2,1H3,(H,19,22). The van der Waals surface area contributed by atoms with Crippen molar-refractivity contribution in [1.82, 2.24) is 14.7 Å². The highest BCUT2D eigenvalue weighted by atomic mass is 16.5. The Morgan fingerprint density at radius 3 is 2.71 bits per heavy atom. The number of amides is 1. The number of esters is 1. The van der Waals surface area contributed by atoms with E-state index < -0.39 is 5.97 Å². The van der Waals surface area contributed by atoms with Crippen molar-refractivity contribution in [1.29, 1.82) is 0 Å². The van der Waals surface area contributed by atoms with E-state index in [1.54, 1.807) is 6.20 Å². The maximum absolute atomic E-state index is 12.1. The second-order valence-electron chi connectivity index (χ2n) is 6.35. The van der Waals surface area contributed by atoms with Crippen molar-refractivity contribution in [2.45, 2.75) is 51.5 Å². The number of imidazole rings is 1. The maximum atomic E-state index is 12.1. The first kappa shape index (κ1) is 16.5. The Hall–Kier alpha value is -2.37. The molecule has 0 saturated heterocycles. The molecule has 2 heterocycles. The van der Waals surface area contributed by atoms with Gasteiger partial charge in [-0.3, -0.25) is 4.79 Å². The maximum Gasteiger partial charge on any atom is 0.359 e. The van der Waals surface area contributed by atoms with Gasteiger partial charge in [-0.25, -0.2) is 9.78 Å². The van der Waals surface area contributed by atoms with E-state index in [9.17, 15) is 9.59 Å². The van der Waals surface area contributed by atoms with Crippen LogP contribution in [0.4, 0.5) is 0 Å². The lowest BCUT2D eigenvalue weighted by molar-refractivity contribution is -0.125. The third-order valence-electron chi connectivity index (χ3n) is 4.46. The Bertz CT molecular complexity index is 730. The Morgan fingerprint density at radius 1 is 1.25 bits per heavy atom. The molecule has 0 atom stereocenters. The summed E-state index contributed by atoms with van der Waals surface area (Å²) in [5, 5.41) is 2.96. The van der Waals surface area contributed by atoms with E-state index >= 15 is 0 Å². The summed E-state index contributed by atoms with van der Waals surface area (Å²) >= 11 is 0. The Morgan fingerprint density at radius 2 is 2.00 bits per heavy atom. The van der Waals surface area contributed by atoms with E-state index in [-0.39, 0.29) is 24.2 Å². The monoisotopic (exact) mass is 329 g/mol. The molecular weight excluding hydrogens is 306 g/mol. The number of hydrogen-bond donors (Lipinski definition) is 1. The predicted molar refractivity (Wildman–Crippen MR) is 89.8 cm³/mol. The van der Waals surface area contributed by atoms with Crippen LogP contribution >= 0.6 is 0 Å². The lowest BCUT2D eigenvalue weighted by atomic mass is 10.1. The number of carbonyl (C=O) groups is 2. The van der Waals surface area contributed by atoms with Gasteiger partial charge in [0.05, 0.1) is 0 Å². The molecule has 1 N–H and O–H groups in total. The minimum atomic E-state index is -0.575. The van der Waals surface area contributed by atoms with Gasteiger partial charge in [-0.2, -0.15) is 0 Å². The average Bonchev–Trinajstić information content (AvgIpc) is 2.86. The van der Waals surface area contributed by atoms with Crippen molar-refractivity contribution < 1.29 is 14.3 Å². The molecule has 0 spiro atoms. The summed E-state index contributed by atoms with van der Waals surface area (Å²) in [6.07, 6.45) is 8.40. The lowest BCUT2D eigenvalue weighted by Gasteiger charge is -2.15. The van der Waals surface area contributed by atoms with Gasteiger partial charge in [0, 0.05) is 17.9 Å². The van der Waals surface area contributed by atoms with Gasteiger partial charge >= 0.3 is 5.97 Å². The number of rotatable bonds is 4. The second kappa shape index (κ2) is 7.47. The lowest BCUT2D eigenvalue weighted by Crippen LogP contribution is -2.37. The van der Waals surface area contributed by atoms with E-state index in [0.717, 1.165) is 31.4 Å². The van der Waals surface area contributed by atoms with Crippen molar-refractivity contribution in [2.24, 2.45) is 0 Å². The molecule has 6 heteroatoms. The molecule has 1 amide bonds. The minimum Gasteiger partial charge on any atom is -0.451 e. The van der Waals surface area contributed by atoms with Crippen LogP contribution in [-0.2, 0) is 9.53 Å². The summed E-state index contributed by atoms with van der Waals surface area (Å²) in [5.41, 5.74) is 1.88. The number of nitrogens with one attached hydrogen (secondary N) is 1. The van der Waals surface area contributed by atoms with Crippen LogP contribution in [-0.4, -0.2) is 33.9 Å². The van der Waals surface area contributed by atoms with Crippen LogP contribution in [0.3, 0.4) is 0 Å². The van der Waals surface area contributed by atoms with Crippen molar-refractivity contribution in [3.63, 3.8) is 0 Å². The van der Waals surface area contributed by atoms with Crippen LogP contribution < -0.4 is 5.32 Å². The summed E-state index contributed by atoms with van der Waals surface area (Å²) in [6.45, 7) is 1.67. The highest BCUT2D eigenvalue weighted by Gasteiger charge is 2.17. The second-order valence-corrected chi connectivity index (χ2v) is 6.35. The number of nitrogens with zero attached hydrogens (tertiary/aromatic N) is 2. The van der Waals surface area contributed by atoms with Gasteiger partial charge in [-0.05, 0) is 31.9 Å². The zero-order chi connectivity index (χ0) is 16.9. The summed E-state index contributed by atoms with van der Waals surface area (Å²) in [6, 6.07) is 5.84. The third-order valence-corrected chi connectivity index (χ3v) is 4.46. The molecule has 1 aliphatic rings. The van der Waals surface area contributed by atoms with Crippen LogP contribution in [0, 0.1) is 6.92 Å². The Balaban J connectivity index is 1.54. The first-order valence-corrected chi connectivity index (χ1v) is 8.55. The van der Waals surface area contributed by atoms with Crippen molar-refractivity contribution in [3.05, 3.63) is 35.8 Å². The fraction of sp³-hybridized carbons (Fsp3) is 0.500. The van der Waals surface area contributed by atoms with Crippen molar-refractivity contribution in [3.8, 4) is 0 Å². The topological polar surface area (TPSA) is 72.7 Å². The first-order valence-electron chi connectivity index (χ1n) is 8.55. The molecule has 24 heavy (non-hydrogen) atoms. The SMILES string of the molecule is Cc1cccc2nc(C(=O)OCC(=O)NC3CCCCCC3)cn12. The third kappa shape index (κ3) is 3.93. The number of hydrogen-bond acceptors (Lipinski definition) is 4. The normalized spacial score (nSPS) is 15.9. The van der Waals surface area contributed by atoms with E-state index in [4.69, 9.17) is 4.74 Å². The predicted octanol–water partition coefficient (Wildman–Crippen LogP) is 2.64. The van der Waals surface area contributed by atoms with Crippen LogP contribution in [0.5, 0.6) is 0 Å². The molecule has 2 aromatic rings. The summed E-state index contributed by atoms with van der Waals surface area (Å²) in [5.74, 6) is -0.815. The van der Waals surface area contributed by atoms with Gasteiger partial charge in [-0.15, -0.1) is 0 Å². The number of fused-ring (bicyclic) bond motifs is 1. The molecule has 1 fully saturated rings. The Labute approximate surface area is 141 Å². The number of pyridine rings is 1. The Kier molecular flexibility index (Phi) is 5.13. The zero-order valence-corrected chi connectivity index (χ0v) is 14.0.